The lowest BCUT2D eigenvalue weighted by molar-refractivity contribution is -0.130. The number of ether oxygens (including phenoxy) is 2. The van der Waals surface area contributed by atoms with Gasteiger partial charge in [0.2, 0.25) is 11.8 Å². The Kier molecular flexibility index (Phi) is 16.8. The summed E-state index contributed by atoms with van der Waals surface area (Å²) in [5.74, 6) is -2.82. The van der Waals surface area contributed by atoms with Gasteiger partial charge < -0.3 is 40.5 Å². The molecule has 2 amide bonds. The van der Waals surface area contributed by atoms with Crippen LogP contribution in [0.1, 0.15) is 89.3 Å². The van der Waals surface area contributed by atoms with Crippen LogP contribution in [0, 0.1) is 25.5 Å². The Labute approximate surface area is 474 Å². The minimum absolute atomic E-state index is 0.000401. The highest BCUT2D eigenvalue weighted by Gasteiger charge is 2.42. The van der Waals surface area contributed by atoms with Crippen molar-refractivity contribution in [2.24, 2.45) is 0 Å². The zero-order chi connectivity index (χ0) is 60.1. The number of hydrogen-bond acceptors (Lipinski definition) is 18. The van der Waals surface area contributed by atoms with Crippen molar-refractivity contribution in [3.05, 3.63) is 136 Å². The second-order valence-electron chi connectivity index (χ2n) is 21.4. The summed E-state index contributed by atoms with van der Waals surface area (Å²) < 4.78 is 44.5. The molecule has 0 aliphatic rings. The number of rotatable bonds is 22. The topological polar surface area (TPSA) is 307 Å². The van der Waals surface area contributed by atoms with E-state index in [0.29, 0.717) is 16.3 Å². The third-order valence-corrected chi connectivity index (χ3v) is 17.0. The molecule has 0 saturated carbocycles. The zero-order valence-electron chi connectivity index (χ0n) is 46.9. The highest BCUT2D eigenvalue weighted by atomic mass is 32.1. The van der Waals surface area contributed by atoms with Crippen molar-refractivity contribution < 1.29 is 48.3 Å². The molecular formula is C54H64F2N12O12S2. The maximum absolute atomic E-state index is 15.0. The number of hydrogen-bond donors (Lipinski definition) is 6. The van der Waals surface area contributed by atoms with Crippen LogP contribution in [0.15, 0.2) is 74.2 Å². The Morgan fingerprint density at radius 1 is 0.671 bits per heavy atom. The summed E-state index contributed by atoms with van der Waals surface area (Å²) >= 11 is 1.88. The minimum atomic E-state index is -2.19. The lowest BCUT2D eigenvalue weighted by Crippen LogP contribution is -2.57. The molecule has 0 aliphatic carbocycles. The highest BCUT2D eigenvalue weighted by Crippen LogP contribution is 2.40. The third-order valence-electron chi connectivity index (χ3n) is 14.5. The average Bonchev–Trinajstić information content (AvgIpc) is 2.28. The predicted molar refractivity (Wildman–Crippen MR) is 300 cm³/mol. The van der Waals surface area contributed by atoms with Crippen LogP contribution in [0.4, 0.5) is 8.78 Å². The molecule has 24 nitrogen and oxygen atoms in total. The number of aliphatic hydroxyl groups is 4. The van der Waals surface area contributed by atoms with Gasteiger partial charge in [-0.25, -0.2) is 27.5 Å². The van der Waals surface area contributed by atoms with Crippen molar-refractivity contribution in [1.82, 2.24) is 58.9 Å². The van der Waals surface area contributed by atoms with Gasteiger partial charge >= 0.3 is 11.4 Å². The van der Waals surface area contributed by atoms with Crippen molar-refractivity contribution in [2.45, 2.75) is 129 Å². The Hall–Kier alpha value is -7.76. The Balaban J connectivity index is 1.17. The van der Waals surface area contributed by atoms with Crippen molar-refractivity contribution in [3.63, 3.8) is 0 Å². The van der Waals surface area contributed by atoms with Crippen LogP contribution in [0.2, 0.25) is 0 Å². The normalized spacial score (nSPS) is 14.1. The number of nitrogens with zero attached hydrogens (tertiary/aromatic N) is 10. The van der Waals surface area contributed by atoms with Crippen LogP contribution in [-0.4, -0.2) is 120 Å². The van der Waals surface area contributed by atoms with E-state index in [1.54, 1.807) is 34.6 Å². The molecule has 8 rings (SSSR count). The van der Waals surface area contributed by atoms with Crippen molar-refractivity contribution in [2.75, 3.05) is 27.4 Å². The fourth-order valence-corrected chi connectivity index (χ4v) is 12.5. The maximum Gasteiger partial charge on any atom is 0.333 e. The molecule has 0 bridgehead atoms. The van der Waals surface area contributed by atoms with Crippen molar-refractivity contribution >= 4 is 54.9 Å². The number of fused-ring (bicyclic) bond motifs is 2. The first-order valence-electron chi connectivity index (χ1n) is 25.9. The Morgan fingerprint density at radius 2 is 1.10 bits per heavy atom. The second kappa shape index (κ2) is 22.9. The minimum Gasteiger partial charge on any atom is -0.496 e. The molecule has 6 heterocycles. The third kappa shape index (κ3) is 10.8. The summed E-state index contributed by atoms with van der Waals surface area (Å²) in [6, 6.07) is 5.71. The van der Waals surface area contributed by atoms with Crippen LogP contribution < -0.4 is 42.6 Å². The summed E-state index contributed by atoms with van der Waals surface area (Å²) in [7, 11) is 2.61. The smallest absolute Gasteiger partial charge is 0.333 e. The SMILES string of the molecule is COc1ccc(F)cc1[C@@](O)(CCO)Cn1c(=O)n(C(C)(C)C(=O)NC(C)Cc2cnn(-c3sc4c(c3C)c(=O)n(C(C)(C)C(=O)NC(C)C)c(=O)n4C[C@@](O)(CCO)c3cc(F)ccc3OC)n2)c(=O)c2c(C)c(-n3nccn3)sc21. The molecule has 6 N–H and O–H groups in total. The van der Waals surface area contributed by atoms with E-state index in [9.17, 15) is 53.2 Å². The maximum atomic E-state index is 15.0. The number of aryl methyl sites for hydroxylation is 2. The van der Waals surface area contributed by atoms with Gasteiger partial charge in [0.25, 0.3) is 11.1 Å². The first-order valence-corrected chi connectivity index (χ1v) is 27.6. The number of thiophene rings is 2. The summed E-state index contributed by atoms with van der Waals surface area (Å²) in [5, 5.41) is 69.0. The van der Waals surface area contributed by atoms with Crippen molar-refractivity contribution in [1.29, 1.82) is 0 Å². The number of aliphatic hydroxyl groups excluding tert-OH is 2. The van der Waals surface area contributed by atoms with E-state index in [-0.39, 0.29) is 66.1 Å². The quantitative estimate of drug-likeness (QED) is 0.0568. The van der Waals surface area contributed by atoms with Crippen LogP contribution in [0.3, 0.4) is 0 Å². The largest absolute Gasteiger partial charge is 0.496 e. The number of carbonyl (C=O) groups excluding carboxylic acids is 2. The summed E-state index contributed by atoms with van der Waals surface area (Å²) in [6.07, 6.45) is 3.43. The van der Waals surface area contributed by atoms with Crippen LogP contribution in [0.5, 0.6) is 11.5 Å². The van der Waals surface area contributed by atoms with E-state index in [0.717, 1.165) is 65.2 Å². The molecule has 438 valence electrons. The fourth-order valence-electron chi connectivity index (χ4n) is 10.1. The average molecular weight is 1180 g/mol. The molecule has 0 spiro atoms. The molecule has 1 unspecified atom stereocenters. The molecule has 0 fully saturated rings. The van der Waals surface area contributed by atoms with E-state index in [1.807, 2.05) is 0 Å². The zero-order valence-corrected chi connectivity index (χ0v) is 48.5. The first kappa shape index (κ1) is 60.3. The van der Waals surface area contributed by atoms with E-state index in [2.05, 4.69) is 31.0 Å². The molecule has 2 aromatic carbocycles. The van der Waals surface area contributed by atoms with Crippen LogP contribution in [-0.2, 0) is 51.4 Å². The summed E-state index contributed by atoms with van der Waals surface area (Å²) in [4.78, 5) is 90.4. The number of halogens is 2. The number of carbonyl (C=O) groups is 2. The number of benzene rings is 2. The first-order chi connectivity index (χ1) is 38.6. The molecule has 0 aliphatic heterocycles. The molecule has 82 heavy (non-hydrogen) atoms. The lowest BCUT2D eigenvalue weighted by Gasteiger charge is -2.32. The van der Waals surface area contributed by atoms with Gasteiger partial charge in [0.1, 0.15) is 65.1 Å². The molecule has 6 aromatic heterocycles. The number of aromatic nitrogens is 10. The summed E-state index contributed by atoms with van der Waals surface area (Å²) in [6.45, 7) is 11.3. The van der Waals surface area contributed by atoms with Gasteiger partial charge in [0.05, 0.1) is 62.4 Å². The standard InChI is InChI=1S/C54H64F2N12O12S2/c1-28(2)60-47(73)51(6,7)65-42(72)40-31(5)44(82-46(40)64(49(65)75)27-54(78,17-21-70)36-24-33(56)13-15-38(36)80-11)68-59-25-34(62-68)22-29(3)61-48(74)52(8,9)66-41(71)39-30(4)43(67-57-18-19-58-67)81-45(39)63(50(66)76)26-53(77,16-20-69)35-23-32(55)12-14-37(35)79-10/h12-15,18-19,23-25,28-29,69-70,77-78H,16-17,20-22,26-27H2,1-11H3,(H,60,73)(H,61,74)/t29?,53-,54+/m1/s1. The Morgan fingerprint density at radius 3 is 1.51 bits per heavy atom. The van der Waals surface area contributed by atoms with Gasteiger partial charge in [-0.2, -0.15) is 20.4 Å². The van der Waals surface area contributed by atoms with Crippen LogP contribution >= 0.6 is 22.7 Å². The van der Waals surface area contributed by atoms with Crippen molar-refractivity contribution in [3.8, 4) is 21.5 Å². The molecule has 0 radical (unpaired) electrons. The molecular weight excluding hydrogens is 1110 g/mol. The van der Waals surface area contributed by atoms with Gasteiger partial charge in [-0.3, -0.25) is 28.3 Å². The van der Waals surface area contributed by atoms with E-state index in [1.165, 1.54) is 82.2 Å². The van der Waals surface area contributed by atoms with E-state index in [4.69, 9.17) is 9.47 Å². The van der Waals surface area contributed by atoms with Crippen LogP contribution in [0.25, 0.3) is 30.4 Å². The molecule has 8 aromatic rings. The van der Waals surface area contributed by atoms with Gasteiger partial charge in [-0.05, 0) is 98.7 Å². The fraction of sp³-hybridized carbons (Fsp3) is 0.444. The van der Waals surface area contributed by atoms with Gasteiger partial charge in [-0.1, -0.05) is 22.7 Å². The van der Waals surface area contributed by atoms with Gasteiger partial charge in [-0.15, -0.1) is 9.59 Å². The molecule has 3 atom stereocenters. The van der Waals surface area contributed by atoms with E-state index < -0.39 is 113 Å². The Bertz CT molecular complexity index is 4010. The number of methoxy groups -OCH3 is 2. The summed E-state index contributed by atoms with van der Waals surface area (Å²) in [5.41, 5.74) is -11.1. The second-order valence-corrected chi connectivity index (χ2v) is 23.4. The van der Waals surface area contributed by atoms with E-state index >= 15 is 4.79 Å². The highest BCUT2D eigenvalue weighted by molar-refractivity contribution is 7.21. The van der Waals surface area contributed by atoms with Gasteiger partial charge in [0, 0.05) is 66.8 Å². The number of amides is 2. The molecule has 28 heteroatoms. The van der Waals surface area contributed by atoms with Gasteiger partial charge in [0.15, 0.2) is 0 Å². The monoisotopic (exact) mass is 1170 g/mol. The number of nitrogens with one attached hydrogen (secondary N) is 2. The molecule has 0 saturated heterocycles. The lowest BCUT2D eigenvalue weighted by atomic mass is 9.89. The predicted octanol–water partition coefficient (Wildman–Crippen LogP) is 3.12.